The molecule has 2 heterocycles. The standard InChI is InChI=1S/C12H11ClN4/c1-16-8-14-15-11(16)7-17-6-5-9-3-2-4-10(13)12(9)17/h2-6,8H,7H2,1H3. The third-order valence-corrected chi connectivity index (χ3v) is 3.16. The van der Waals surface area contributed by atoms with Crippen LogP contribution < -0.4 is 0 Å². The molecule has 5 heteroatoms. The Morgan fingerprint density at radius 2 is 2.18 bits per heavy atom. The van der Waals surface area contributed by atoms with E-state index in [1.165, 1.54) is 0 Å². The lowest BCUT2D eigenvalue weighted by atomic mass is 10.2. The largest absolute Gasteiger partial charge is 0.339 e. The molecular formula is C12H11ClN4. The van der Waals surface area contributed by atoms with Crippen molar-refractivity contribution in [3.8, 4) is 0 Å². The van der Waals surface area contributed by atoms with Crippen molar-refractivity contribution in [2.45, 2.75) is 6.54 Å². The van der Waals surface area contributed by atoms with E-state index < -0.39 is 0 Å². The zero-order valence-corrected chi connectivity index (χ0v) is 10.1. The van der Waals surface area contributed by atoms with Gasteiger partial charge in [0.05, 0.1) is 17.1 Å². The van der Waals surface area contributed by atoms with Crippen LogP contribution in [0, 0.1) is 0 Å². The molecule has 0 fully saturated rings. The zero-order chi connectivity index (χ0) is 11.8. The Kier molecular flexibility index (Phi) is 2.37. The first-order chi connectivity index (χ1) is 8.25. The van der Waals surface area contributed by atoms with Gasteiger partial charge in [-0.3, -0.25) is 0 Å². The van der Waals surface area contributed by atoms with E-state index in [0.29, 0.717) is 6.54 Å². The van der Waals surface area contributed by atoms with E-state index in [-0.39, 0.29) is 0 Å². The first kappa shape index (κ1) is 10.4. The summed E-state index contributed by atoms with van der Waals surface area (Å²) in [5, 5.41) is 9.85. The molecule has 17 heavy (non-hydrogen) atoms. The maximum atomic E-state index is 6.22. The van der Waals surface area contributed by atoms with Gasteiger partial charge in [0.25, 0.3) is 0 Å². The molecule has 0 saturated heterocycles. The molecule has 0 N–H and O–H groups in total. The number of halogens is 1. The summed E-state index contributed by atoms with van der Waals surface area (Å²) in [6.45, 7) is 0.670. The summed E-state index contributed by atoms with van der Waals surface area (Å²) in [6, 6.07) is 7.96. The molecular weight excluding hydrogens is 236 g/mol. The average molecular weight is 247 g/mol. The number of aromatic nitrogens is 4. The fraction of sp³-hybridized carbons (Fsp3) is 0.167. The van der Waals surface area contributed by atoms with Gasteiger partial charge in [-0.2, -0.15) is 0 Å². The van der Waals surface area contributed by atoms with Crippen molar-refractivity contribution < 1.29 is 0 Å². The third kappa shape index (κ3) is 1.70. The smallest absolute Gasteiger partial charge is 0.152 e. The van der Waals surface area contributed by atoms with Gasteiger partial charge < -0.3 is 9.13 Å². The summed E-state index contributed by atoms with van der Waals surface area (Å²) in [4.78, 5) is 0. The quantitative estimate of drug-likeness (QED) is 0.696. The highest BCUT2D eigenvalue weighted by atomic mass is 35.5. The molecule has 0 aliphatic rings. The van der Waals surface area contributed by atoms with Gasteiger partial charge in [-0.05, 0) is 12.1 Å². The fourth-order valence-electron chi connectivity index (χ4n) is 1.95. The van der Waals surface area contributed by atoms with E-state index in [9.17, 15) is 0 Å². The van der Waals surface area contributed by atoms with E-state index in [4.69, 9.17) is 11.6 Å². The Balaban J connectivity index is 2.10. The first-order valence-electron chi connectivity index (χ1n) is 5.32. The van der Waals surface area contributed by atoms with Gasteiger partial charge >= 0.3 is 0 Å². The van der Waals surface area contributed by atoms with Gasteiger partial charge in [-0.25, -0.2) is 0 Å². The Hall–Kier alpha value is -1.81. The van der Waals surface area contributed by atoms with E-state index in [1.807, 2.05) is 36.0 Å². The van der Waals surface area contributed by atoms with Crippen molar-refractivity contribution >= 4 is 22.5 Å². The van der Waals surface area contributed by atoms with Crippen LogP contribution >= 0.6 is 11.6 Å². The molecule has 0 spiro atoms. The highest BCUT2D eigenvalue weighted by molar-refractivity contribution is 6.35. The lowest BCUT2D eigenvalue weighted by molar-refractivity contribution is 0.716. The van der Waals surface area contributed by atoms with Gasteiger partial charge in [-0.15, -0.1) is 10.2 Å². The van der Waals surface area contributed by atoms with Crippen LogP contribution in [0.2, 0.25) is 5.02 Å². The molecule has 1 aromatic carbocycles. The zero-order valence-electron chi connectivity index (χ0n) is 9.34. The lowest BCUT2D eigenvalue weighted by Gasteiger charge is -2.05. The highest BCUT2D eigenvalue weighted by Crippen LogP contribution is 2.24. The number of benzene rings is 1. The number of rotatable bonds is 2. The van der Waals surface area contributed by atoms with Crippen molar-refractivity contribution in [3.05, 3.63) is 47.6 Å². The summed E-state index contributed by atoms with van der Waals surface area (Å²) in [5.41, 5.74) is 1.04. The minimum absolute atomic E-state index is 0.670. The molecule has 86 valence electrons. The molecule has 0 unspecified atom stereocenters. The van der Waals surface area contributed by atoms with Crippen molar-refractivity contribution in [2.24, 2.45) is 7.05 Å². The van der Waals surface area contributed by atoms with Crippen LogP contribution in [0.1, 0.15) is 5.82 Å². The number of para-hydroxylation sites is 1. The number of hydrogen-bond donors (Lipinski definition) is 0. The molecule has 4 nitrogen and oxygen atoms in total. The summed E-state index contributed by atoms with van der Waals surface area (Å²) in [7, 11) is 1.93. The van der Waals surface area contributed by atoms with Gasteiger partial charge in [0.1, 0.15) is 6.33 Å². The van der Waals surface area contributed by atoms with Gasteiger partial charge in [0.15, 0.2) is 5.82 Å². The predicted octanol–water partition coefficient (Wildman–Crippen LogP) is 2.47. The summed E-state index contributed by atoms with van der Waals surface area (Å²) >= 11 is 6.22. The monoisotopic (exact) mass is 246 g/mol. The molecule has 3 rings (SSSR count). The molecule has 0 aliphatic heterocycles. The topological polar surface area (TPSA) is 35.6 Å². The van der Waals surface area contributed by atoms with Crippen LogP contribution in [0.4, 0.5) is 0 Å². The van der Waals surface area contributed by atoms with Gasteiger partial charge in [0, 0.05) is 18.6 Å². The fourth-order valence-corrected chi connectivity index (χ4v) is 2.24. The summed E-state index contributed by atoms with van der Waals surface area (Å²) in [6.07, 6.45) is 3.72. The maximum absolute atomic E-state index is 6.22. The van der Waals surface area contributed by atoms with Crippen LogP contribution in [0.3, 0.4) is 0 Å². The first-order valence-corrected chi connectivity index (χ1v) is 5.70. The van der Waals surface area contributed by atoms with Crippen LogP contribution in [0.25, 0.3) is 10.9 Å². The Labute approximate surface area is 103 Å². The molecule has 0 amide bonds. The minimum atomic E-state index is 0.670. The van der Waals surface area contributed by atoms with Crippen LogP contribution in [-0.4, -0.2) is 19.3 Å². The Morgan fingerprint density at radius 1 is 1.29 bits per heavy atom. The number of hydrogen-bond acceptors (Lipinski definition) is 2. The second-order valence-corrected chi connectivity index (χ2v) is 4.39. The highest BCUT2D eigenvalue weighted by Gasteiger charge is 2.07. The van der Waals surface area contributed by atoms with Crippen molar-refractivity contribution in [3.63, 3.8) is 0 Å². The Bertz CT molecular complexity index is 668. The van der Waals surface area contributed by atoms with Crippen molar-refractivity contribution in [2.75, 3.05) is 0 Å². The van der Waals surface area contributed by atoms with E-state index in [2.05, 4.69) is 20.8 Å². The number of fused-ring (bicyclic) bond motifs is 1. The van der Waals surface area contributed by atoms with Gasteiger partial charge in [-0.1, -0.05) is 23.7 Å². The van der Waals surface area contributed by atoms with Crippen LogP contribution in [0.15, 0.2) is 36.8 Å². The summed E-state index contributed by atoms with van der Waals surface area (Å²) in [5.74, 6) is 0.905. The van der Waals surface area contributed by atoms with E-state index in [0.717, 1.165) is 21.7 Å². The second kappa shape index (κ2) is 3.89. The SMILES string of the molecule is Cn1cnnc1Cn1ccc2cccc(Cl)c21. The lowest BCUT2D eigenvalue weighted by Crippen LogP contribution is -2.04. The molecule has 0 aliphatic carbocycles. The van der Waals surface area contributed by atoms with Crippen molar-refractivity contribution in [1.82, 2.24) is 19.3 Å². The third-order valence-electron chi connectivity index (χ3n) is 2.86. The molecule has 0 atom stereocenters. The molecule has 0 radical (unpaired) electrons. The molecule has 0 saturated carbocycles. The molecule has 2 aromatic heterocycles. The van der Waals surface area contributed by atoms with Crippen LogP contribution in [-0.2, 0) is 13.6 Å². The molecule has 0 bridgehead atoms. The number of aryl methyl sites for hydroxylation is 1. The van der Waals surface area contributed by atoms with E-state index in [1.54, 1.807) is 6.33 Å². The number of nitrogens with zero attached hydrogens (tertiary/aromatic N) is 4. The normalized spacial score (nSPS) is 11.2. The van der Waals surface area contributed by atoms with Crippen LogP contribution in [0.5, 0.6) is 0 Å². The van der Waals surface area contributed by atoms with Gasteiger partial charge in [0.2, 0.25) is 0 Å². The van der Waals surface area contributed by atoms with E-state index >= 15 is 0 Å². The Morgan fingerprint density at radius 3 is 2.94 bits per heavy atom. The average Bonchev–Trinajstić information content (AvgIpc) is 2.89. The molecule has 3 aromatic rings. The minimum Gasteiger partial charge on any atom is -0.339 e. The maximum Gasteiger partial charge on any atom is 0.152 e. The second-order valence-electron chi connectivity index (χ2n) is 3.98. The predicted molar refractivity (Wildman–Crippen MR) is 67.1 cm³/mol. The van der Waals surface area contributed by atoms with Crippen molar-refractivity contribution in [1.29, 1.82) is 0 Å². The summed E-state index contributed by atoms with van der Waals surface area (Å²) < 4.78 is 3.99.